The molecule has 1 atom stereocenters. The van der Waals surface area contributed by atoms with E-state index in [1.54, 1.807) is 16.9 Å². The molecule has 0 amide bonds. The molecule has 0 fully saturated rings. The number of aromatic nitrogens is 2. The van der Waals surface area contributed by atoms with Crippen LogP contribution in [0.25, 0.3) is 0 Å². The third kappa shape index (κ3) is 3.07. The maximum Gasteiger partial charge on any atom is 0.132 e. The summed E-state index contributed by atoms with van der Waals surface area (Å²) < 4.78 is 20.7. The van der Waals surface area contributed by atoms with Crippen LogP contribution >= 0.6 is 0 Å². The third-order valence-corrected chi connectivity index (χ3v) is 2.57. The van der Waals surface area contributed by atoms with Crippen LogP contribution in [0.3, 0.4) is 0 Å². The second kappa shape index (κ2) is 5.64. The average molecular weight is 250 g/mol. The first kappa shape index (κ1) is 12.6. The van der Waals surface area contributed by atoms with Crippen LogP contribution in [0.15, 0.2) is 36.7 Å². The average Bonchev–Trinajstić information content (AvgIpc) is 2.81. The minimum absolute atomic E-state index is 0.273. The molecule has 1 unspecified atom stereocenters. The molecule has 0 aliphatic carbocycles. The molecule has 1 N–H and O–H groups in total. The predicted molar refractivity (Wildman–Crippen MR) is 64.8 cm³/mol. The van der Waals surface area contributed by atoms with Crippen LogP contribution in [-0.4, -0.2) is 21.5 Å². The van der Waals surface area contributed by atoms with Crippen molar-refractivity contribution in [1.82, 2.24) is 9.78 Å². The second-order valence-electron chi connectivity index (χ2n) is 3.98. The lowest BCUT2D eigenvalue weighted by atomic mass is 10.1. The number of aliphatic hydroxyl groups is 1. The summed E-state index contributed by atoms with van der Waals surface area (Å²) in [5, 5.41) is 13.3. The van der Waals surface area contributed by atoms with Gasteiger partial charge in [-0.2, -0.15) is 5.10 Å². The van der Waals surface area contributed by atoms with E-state index in [1.165, 1.54) is 19.1 Å². The number of nitrogens with zero attached hydrogens (tertiary/aromatic N) is 2. The van der Waals surface area contributed by atoms with Crippen molar-refractivity contribution < 1.29 is 14.2 Å². The molecule has 0 aliphatic heterocycles. The lowest BCUT2D eigenvalue weighted by molar-refractivity contribution is 0.194. The van der Waals surface area contributed by atoms with Crippen molar-refractivity contribution in [2.24, 2.45) is 0 Å². The Balaban J connectivity index is 1.92. The Labute approximate surface area is 105 Å². The van der Waals surface area contributed by atoms with Gasteiger partial charge in [-0.3, -0.25) is 4.68 Å². The number of aliphatic hydroxyl groups excluding tert-OH is 1. The summed E-state index contributed by atoms with van der Waals surface area (Å²) in [6.45, 7) is 2.54. The Kier molecular flexibility index (Phi) is 3.94. The largest absolute Gasteiger partial charge is 0.492 e. The summed E-state index contributed by atoms with van der Waals surface area (Å²) in [7, 11) is 0. The van der Waals surface area contributed by atoms with Crippen LogP contribution in [-0.2, 0) is 6.54 Å². The summed E-state index contributed by atoms with van der Waals surface area (Å²) in [5.74, 6) is -0.00866. The zero-order valence-electron chi connectivity index (χ0n) is 10.1. The highest BCUT2D eigenvalue weighted by Crippen LogP contribution is 2.21. The van der Waals surface area contributed by atoms with Crippen LogP contribution in [0.2, 0.25) is 0 Å². The Morgan fingerprint density at radius 2 is 2.33 bits per heavy atom. The molecule has 2 aromatic rings. The number of halogens is 1. The standard InChI is InChI=1S/C13H15FN2O2/c1-10(17)12-4-3-11(9-13(12)14)18-8-7-16-6-2-5-15-16/h2-6,9-10,17H,7-8H2,1H3. The maximum absolute atomic E-state index is 13.5. The minimum atomic E-state index is -0.817. The normalized spacial score (nSPS) is 12.4. The zero-order valence-corrected chi connectivity index (χ0v) is 10.1. The van der Waals surface area contributed by atoms with Gasteiger partial charge in [-0.1, -0.05) is 0 Å². The van der Waals surface area contributed by atoms with Gasteiger partial charge in [0.2, 0.25) is 0 Å². The van der Waals surface area contributed by atoms with Crippen LogP contribution in [0.1, 0.15) is 18.6 Å². The van der Waals surface area contributed by atoms with Gasteiger partial charge in [0.1, 0.15) is 18.2 Å². The first-order valence-electron chi connectivity index (χ1n) is 5.74. The first-order valence-corrected chi connectivity index (χ1v) is 5.74. The van der Waals surface area contributed by atoms with Gasteiger partial charge in [0.15, 0.2) is 0 Å². The van der Waals surface area contributed by atoms with Gasteiger partial charge in [0.05, 0.1) is 12.6 Å². The molecule has 18 heavy (non-hydrogen) atoms. The maximum atomic E-state index is 13.5. The van der Waals surface area contributed by atoms with Gasteiger partial charge in [0, 0.05) is 24.0 Å². The highest BCUT2D eigenvalue weighted by Gasteiger charge is 2.08. The van der Waals surface area contributed by atoms with E-state index in [4.69, 9.17) is 4.74 Å². The summed E-state index contributed by atoms with van der Waals surface area (Å²) in [6.07, 6.45) is 2.71. The molecule has 0 radical (unpaired) electrons. The van der Waals surface area contributed by atoms with Crippen molar-refractivity contribution in [2.45, 2.75) is 19.6 Å². The van der Waals surface area contributed by atoms with Crippen molar-refractivity contribution in [3.8, 4) is 5.75 Å². The molecule has 2 rings (SSSR count). The Bertz CT molecular complexity index is 498. The van der Waals surface area contributed by atoms with Gasteiger partial charge in [-0.05, 0) is 25.1 Å². The lowest BCUT2D eigenvalue weighted by Crippen LogP contribution is -2.08. The molecule has 1 aromatic heterocycles. The number of hydrogen-bond acceptors (Lipinski definition) is 3. The van der Waals surface area contributed by atoms with E-state index in [1.807, 2.05) is 12.3 Å². The third-order valence-electron chi connectivity index (χ3n) is 2.57. The summed E-state index contributed by atoms with van der Waals surface area (Å²) >= 11 is 0. The second-order valence-corrected chi connectivity index (χ2v) is 3.98. The van der Waals surface area contributed by atoms with Crippen LogP contribution in [0.4, 0.5) is 4.39 Å². The topological polar surface area (TPSA) is 47.3 Å². The molecule has 0 spiro atoms. The molecule has 0 saturated heterocycles. The quantitative estimate of drug-likeness (QED) is 0.884. The fourth-order valence-corrected chi connectivity index (χ4v) is 1.63. The SMILES string of the molecule is CC(O)c1ccc(OCCn2cccn2)cc1F. The van der Waals surface area contributed by atoms with Crippen LogP contribution < -0.4 is 4.74 Å². The van der Waals surface area contributed by atoms with E-state index in [0.717, 1.165) is 0 Å². The molecule has 4 nitrogen and oxygen atoms in total. The van der Waals surface area contributed by atoms with Crippen molar-refractivity contribution in [2.75, 3.05) is 6.61 Å². The number of ether oxygens (including phenoxy) is 1. The summed E-state index contributed by atoms with van der Waals surface area (Å²) in [4.78, 5) is 0. The van der Waals surface area contributed by atoms with Crippen LogP contribution in [0, 0.1) is 5.82 Å². The first-order chi connectivity index (χ1) is 8.66. The predicted octanol–water partition coefficient (Wildman–Crippen LogP) is 2.15. The molecule has 0 aliphatic rings. The Morgan fingerprint density at radius 3 is 2.94 bits per heavy atom. The summed E-state index contributed by atoms with van der Waals surface area (Å²) in [6, 6.07) is 6.29. The van der Waals surface area contributed by atoms with E-state index < -0.39 is 11.9 Å². The van der Waals surface area contributed by atoms with E-state index in [9.17, 15) is 9.50 Å². The molecular weight excluding hydrogens is 235 g/mol. The van der Waals surface area contributed by atoms with Crippen molar-refractivity contribution in [1.29, 1.82) is 0 Å². The van der Waals surface area contributed by atoms with Gasteiger partial charge in [0.25, 0.3) is 0 Å². The Hall–Kier alpha value is -1.88. The smallest absolute Gasteiger partial charge is 0.132 e. The van der Waals surface area contributed by atoms with Crippen molar-refractivity contribution >= 4 is 0 Å². The van der Waals surface area contributed by atoms with Gasteiger partial charge < -0.3 is 9.84 Å². The Morgan fingerprint density at radius 1 is 1.50 bits per heavy atom. The lowest BCUT2D eigenvalue weighted by Gasteiger charge is -2.10. The van der Waals surface area contributed by atoms with E-state index in [2.05, 4.69) is 5.10 Å². The number of benzene rings is 1. The highest BCUT2D eigenvalue weighted by molar-refractivity contribution is 5.29. The van der Waals surface area contributed by atoms with Gasteiger partial charge >= 0.3 is 0 Å². The number of rotatable bonds is 5. The highest BCUT2D eigenvalue weighted by atomic mass is 19.1. The van der Waals surface area contributed by atoms with E-state index in [0.29, 0.717) is 18.9 Å². The van der Waals surface area contributed by atoms with Gasteiger partial charge in [-0.15, -0.1) is 0 Å². The van der Waals surface area contributed by atoms with Crippen molar-refractivity contribution in [3.05, 3.63) is 48.0 Å². The number of hydrogen-bond donors (Lipinski definition) is 1. The fourth-order valence-electron chi connectivity index (χ4n) is 1.63. The summed E-state index contributed by atoms with van der Waals surface area (Å²) in [5.41, 5.74) is 0.273. The fraction of sp³-hybridized carbons (Fsp3) is 0.308. The molecule has 1 heterocycles. The molecule has 96 valence electrons. The minimum Gasteiger partial charge on any atom is -0.492 e. The van der Waals surface area contributed by atoms with Crippen LogP contribution in [0.5, 0.6) is 5.75 Å². The monoisotopic (exact) mass is 250 g/mol. The molecule has 5 heteroatoms. The molecule has 0 saturated carbocycles. The van der Waals surface area contributed by atoms with Crippen molar-refractivity contribution in [3.63, 3.8) is 0 Å². The molecule has 0 bridgehead atoms. The zero-order chi connectivity index (χ0) is 13.0. The van der Waals surface area contributed by atoms with Gasteiger partial charge in [-0.25, -0.2) is 4.39 Å². The van der Waals surface area contributed by atoms with E-state index >= 15 is 0 Å². The van der Waals surface area contributed by atoms with E-state index in [-0.39, 0.29) is 5.56 Å². The molecule has 1 aromatic carbocycles. The molecular formula is C13H15FN2O2.